The Bertz CT molecular complexity index is 1170. The van der Waals surface area contributed by atoms with E-state index in [-0.39, 0.29) is 25.1 Å². The van der Waals surface area contributed by atoms with Gasteiger partial charge in [-0.15, -0.1) is 0 Å². The van der Waals surface area contributed by atoms with Gasteiger partial charge in [0.25, 0.3) is 0 Å². The molecule has 2 atom stereocenters. The van der Waals surface area contributed by atoms with Gasteiger partial charge in [-0.2, -0.15) is 18.3 Å². The van der Waals surface area contributed by atoms with Crippen molar-refractivity contribution >= 4 is 21.6 Å². The summed E-state index contributed by atoms with van der Waals surface area (Å²) in [5.74, 6) is -1.36. The van der Waals surface area contributed by atoms with Crippen LogP contribution in [0.1, 0.15) is 43.0 Å². The van der Waals surface area contributed by atoms with Crippen LogP contribution in [0.3, 0.4) is 0 Å². The molecule has 1 aromatic carbocycles. The van der Waals surface area contributed by atoms with Crippen LogP contribution in [0.4, 0.5) is 23.4 Å². The molecule has 0 radical (unpaired) electrons. The van der Waals surface area contributed by atoms with Gasteiger partial charge < -0.3 is 9.64 Å². The van der Waals surface area contributed by atoms with Gasteiger partial charge in [-0.25, -0.2) is 22.3 Å². The Morgan fingerprint density at radius 2 is 1.91 bits per heavy atom. The first-order valence-electron chi connectivity index (χ1n) is 10.4. The van der Waals surface area contributed by atoms with Crippen molar-refractivity contribution in [2.75, 3.05) is 18.6 Å². The van der Waals surface area contributed by atoms with Crippen molar-refractivity contribution in [1.82, 2.24) is 9.78 Å². The Balaban J connectivity index is 1.75. The quantitative estimate of drug-likeness (QED) is 0.362. The predicted octanol–water partition coefficient (Wildman–Crippen LogP) is 3.67. The largest absolute Gasteiger partial charge is 0.467 e. The summed E-state index contributed by atoms with van der Waals surface area (Å²) < 4.78 is 87.3. The molecule has 1 saturated carbocycles. The molecule has 0 N–H and O–H groups in total. The summed E-state index contributed by atoms with van der Waals surface area (Å²) in [7, 11) is -3.40. The second-order valence-corrected chi connectivity index (χ2v) is 10.6. The number of nitrogens with zero attached hydrogens (tertiary/aromatic N) is 3. The van der Waals surface area contributed by atoms with Crippen LogP contribution < -0.4 is 4.90 Å². The van der Waals surface area contributed by atoms with Crippen LogP contribution in [-0.2, 0) is 25.5 Å². The van der Waals surface area contributed by atoms with Crippen molar-refractivity contribution in [2.45, 2.75) is 61.0 Å². The highest BCUT2D eigenvalue weighted by Gasteiger charge is 2.48. The number of sulfone groups is 1. The molecule has 2 aromatic rings. The highest BCUT2D eigenvalue weighted by Crippen LogP contribution is 2.41. The number of esters is 1. The van der Waals surface area contributed by atoms with Crippen LogP contribution in [0.15, 0.2) is 29.2 Å². The topological polar surface area (TPSA) is 81.5 Å². The lowest BCUT2D eigenvalue weighted by molar-refractivity contribution is -0.142. The normalized spacial score (nSPS) is 21.8. The summed E-state index contributed by atoms with van der Waals surface area (Å²) in [6.45, 7) is 1.54. The third-order valence-electron chi connectivity index (χ3n) is 6.28. The van der Waals surface area contributed by atoms with Crippen LogP contribution in [-0.4, -0.2) is 49.1 Å². The number of halogens is 4. The number of carbonyl (C=O) groups is 1. The molecular weight excluding hydrogens is 466 g/mol. The molecule has 2 unspecified atom stereocenters. The Morgan fingerprint density at radius 1 is 1.21 bits per heavy atom. The maximum atomic E-state index is 13.5. The molecule has 1 aliphatic carbocycles. The maximum absolute atomic E-state index is 13.5. The lowest BCUT2D eigenvalue weighted by Gasteiger charge is -2.32. The van der Waals surface area contributed by atoms with E-state index in [0.717, 1.165) is 19.3 Å². The van der Waals surface area contributed by atoms with E-state index in [1.54, 1.807) is 22.6 Å². The summed E-state index contributed by atoms with van der Waals surface area (Å²) in [6, 6.07) is 2.30. The number of benzene rings is 1. The van der Waals surface area contributed by atoms with Crippen LogP contribution >= 0.6 is 0 Å². The molecule has 4 rings (SSSR count). The molecule has 33 heavy (non-hydrogen) atoms. The third kappa shape index (κ3) is 4.20. The highest BCUT2D eigenvalue weighted by atomic mass is 32.2. The lowest BCUT2D eigenvalue weighted by atomic mass is 9.93. The van der Waals surface area contributed by atoms with Gasteiger partial charge in [-0.3, -0.25) is 0 Å². The molecule has 2 fully saturated rings. The number of anilines is 1. The van der Waals surface area contributed by atoms with Crippen LogP contribution in [0.5, 0.6) is 0 Å². The summed E-state index contributed by atoms with van der Waals surface area (Å²) in [5.41, 5.74) is -0.893. The van der Waals surface area contributed by atoms with Crippen molar-refractivity contribution in [3.05, 3.63) is 41.3 Å². The van der Waals surface area contributed by atoms with Crippen LogP contribution in [0.2, 0.25) is 0 Å². The van der Waals surface area contributed by atoms with Gasteiger partial charge >= 0.3 is 12.1 Å². The molecule has 1 aliphatic heterocycles. The van der Waals surface area contributed by atoms with Crippen molar-refractivity contribution in [3.8, 4) is 0 Å². The third-order valence-corrected chi connectivity index (χ3v) is 8.47. The van der Waals surface area contributed by atoms with E-state index in [1.807, 2.05) is 0 Å². The first kappa shape index (κ1) is 23.5. The first-order valence-corrected chi connectivity index (χ1v) is 12.0. The number of aryl methyl sites for hydroxylation is 1. The average molecular weight is 489 g/mol. The second-order valence-electron chi connectivity index (χ2n) is 8.41. The van der Waals surface area contributed by atoms with E-state index in [2.05, 4.69) is 5.10 Å². The molecule has 2 aliphatic rings. The van der Waals surface area contributed by atoms with E-state index in [4.69, 9.17) is 4.74 Å². The number of rotatable bonds is 5. The average Bonchev–Trinajstić information content (AvgIpc) is 3.29. The molecule has 7 nitrogen and oxygen atoms in total. The van der Waals surface area contributed by atoms with E-state index in [1.165, 1.54) is 7.11 Å². The minimum Gasteiger partial charge on any atom is -0.467 e. The molecule has 180 valence electrons. The minimum atomic E-state index is -5.06. The van der Waals surface area contributed by atoms with Crippen molar-refractivity contribution in [2.24, 2.45) is 0 Å². The Labute approximate surface area is 188 Å². The van der Waals surface area contributed by atoms with E-state index in [0.29, 0.717) is 23.6 Å². The number of ether oxygens (including phenoxy) is 1. The molecule has 12 heteroatoms. The zero-order valence-electron chi connectivity index (χ0n) is 18.0. The number of hydrogen-bond acceptors (Lipinski definition) is 6. The van der Waals surface area contributed by atoms with Gasteiger partial charge in [0.1, 0.15) is 17.7 Å². The summed E-state index contributed by atoms with van der Waals surface area (Å²) >= 11 is 0. The summed E-state index contributed by atoms with van der Waals surface area (Å²) in [4.78, 5) is 13.1. The van der Waals surface area contributed by atoms with Gasteiger partial charge in [0, 0.05) is 12.6 Å². The van der Waals surface area contributed by atoms with Crippen LogP contribution in [0, 0.1) is 12.7 Å². The highest BCUT2D eigenvalue weighted by molar-refractivity contribution is 7.92. The van der Waals surface area contributed by atoms with Gasteiger partial charge in [0.15, 0.2) is 9.84 Å². The molecule has 0 spiro atoms. The maximum Gasteiger partial charge on any atom is 0.417 e. The molecule has 0 amide bonds. The van der Waals surface area contributed by atoms with Gasteiger partial charge in [-0.1, -0.05) is 0 Å². The van der Waals surface area contributed by atoms with Gasteiger partial charge in [0.2, 0.25) is 0 Å². The van der Waals surface area contributed by atoms with E-state index < -0.39 is 49.6 Å². The van der Waals surface area contributed by atoms with Crippen LogP contribution in [0.25, 0.3) is 0 Å². The molecule has 0 bridgehead atoms. The minimum absolute atomic E-state index is 0.108. The Morgan fingerprint density at radius 3 is 2.48 bits per heavy atom. The Hall–Kier alpha value is -2.63. The van der Waals surface area contributed by atoms with E-state index in [9.17, 15) is 30.8 Å². The standard InChI is InChI=1S/C21H23F4N3O4S/c1-12-8-19(28(26-12)14-4-3-5-14)27-11-15(10-17(27)20(29)32-2)33(30,31)18-7-6-13(22)9-16(18)21(23,24)25/h6-9,14-15,17H,3-5,10-11H2,1-2H3. The number of methoxy groups -OCH3 is 1. The second kappa shape index (κ2) is 8.30. The molecule has 1 aromatic heterocycles. The summed E-state index contributed by atoms with van der Waals surface area (Å²) in [6.07, 6.45) is -2.54. The molecular formula is C21H23F4N3O4S. The fourth-order valence-corrected chi connectivity index (χ4v) is 6.29. The SMILES string of the molecule is COC(=O)C1CC(S(=O)(=O)c2ccc(F)cc2C(F)(F)F)CN1c1cc(C)nn1C1CCC1. The van der Waals surface area contributed by atoms with E-state index >= 15 is 0 Å². The first-order chi connectivity index (χ1) is 15.4. The number of hydrogen-bond donors (Lipinski definition) is 0. The monoisotopic (exact) mass is 489 g/mol. The fourth-order valence-electron chi connectivity index (χ4n) is 4.40. The zero-order valence-corrected chi connectivity index (χ0v) is 18.8. The lowest BCUT2D eigenvalue weighted by Crippen LogP contribution is -2.39. The van der Waals surface area contributed by atoms with Crippen molar-refractivity contribution in [3.63, 3.8) is 0 Å². The zero-order chi connectivity index (χ0) is 24.1. The number of carbonyl (C=O) groups excluding carboxylic acids is 1. The van der Waals surface area contributed by atoms with Crippen molar-refractivity contribution < 1.29 is 35.5 Å². The fraction of sp³-hybridized carbons (Fsp3) is 0.524. The number of aromatic nitrogens is 2. The smallest absolute Gasteiger partial charge is 0.417 e. The molecule has 2 heterocycles. The van der Waals surface area contributed by atoms with Gasteiger partial charge in [-0.05, 0) is 50.8 Å². The van der Waals surface area contributed by atoms with Crippen molar-refractivity contribution in [1.29, 1.82) is 0 Å². The molecule has 1 saturated heterocycles. The summed E-state index contributed by atoms with van der Waals surface area (Å²) in [5, 5.41) is 3.15. The van der Waals surface area contributed by atoms with Gasteiger partial charge in [0.05, 0.1) is 34.6 Å². The number of alkyl halides is 3. The Kier molecular flexibility index (Phi) is 5.92. The predicted molar refractivity (Wildman–Crippen MR) is 110 cm³/mol.